The Morgan fingerprint density at radius 1 is 1.64 bits per heavy atom. The highest BCUT2D eigenvalue weighted by Gasteiger charge is 2.18. The maximum Gasteiger partial charge on any atom is 0.374 e. The zero-order valence-electron chi connectivity index (χ0n) is 7.77. The van der Waals surface area contributed by atoms with Crippen LogP contribution in [0, 0.1) is 0 Å². The van der Waals surface area contributed by atoms with Crippen LogP contribution in [0.2, 0.25) is 0 Å². The van der Waals surface area contributed by atoms with Crippen molar-refractivity contribution >= 4 is 5.97 Å². The van der Waals surface area contributed by atoms with Gasteiger partial charge in [-0.3, -0.25) is 0 Å². The van der Waals surface area contributed by atoms with Crippen molar-refractivity contribution in [3.05, 3.63) is 24.2 Å². The number of carbonyl (C=O) groups is 1. The lowest BCUT2D eigenvalue weighted by atomic mass is 10.2. The van der Waals surface area contributed by atoms with Crippen LogP contribution < -0.4 is 0 Å². The normalized spacial score (nSPS) is 21.0. The molecule has 1 aliphatic heterocycles. The summed E-state index contributed by atoms with van der Waals surface area (Å²) >= 11 is 0. The minimum Gasteiger partial charge on any atom is -0.457 e. The van der Waals surface area contributed by atoms with Gasteiger partial charge in [0, 0.05) is 6.61 Å². The van der Waals surface area contributed by atoms with E-state index in [4.69, 9.17) is 13.9 Å². The second-order valence-corrected chi connectivity index (χ2v) is 3.21. The Kier molecular flexibility index (Phi) is 2.84. The number of ether oxygens (including phenoxy) is 2. The third-order valence-electron chi connectivity index (χ3n) is 2.15. The molecule has 4 heteroatoms. The molecule has 0 spiro atoms. The summed E-state index contributed by atoms with van der Waals surface area (Å²) in [5.74, 6) is -0.187. The van der Waals surface area contributed by atoms with Gasteiger partial charge in [0.1, 0.15) is 6.61 Å². The van der Waals surface area contributed by atoms with E-state index in [0.29, 0.717) is 6.61 Å². The Labute approximate surface area is 81.8 Å². The Morgan fingerprint density at radius 3 is 3.21 bits per heavy atom. The third kappa shape index (κ3) is 2.14. The van der Waals surface area contributed by atoms with Gasteiger partial charge in [-0.05, 0) is 25.0 Å². The first kappa shape index (κ1) is 9.27. The second-order valence-electron chi connectivity index (χ2n) is 3.21. The van der Waals surface area contributed by atoms with Crippen LogP contribution in [0.1, 0.15) is 23.4 Å². The minimum absolute atomic E-state index is 0.0638. The number of hydrogen-bond acceptors (Lipinski definition) is 4. The molecule has 1 aromatic heterocycles. The summed E-state index contributed by atoms with van der Waals surface area (Å²) in [4.78, 5) is 11.3. The molecule has 0 unspecified atom stereocenters. The summed E-state index contributed by atoms with van der Waals surface area (Å²) in [7, 11) is 0. The monoisotopic (exact) mass is 196 g/mol. The first-order valence-electron chi connectivity index (χ1n) is 4.68. The van der Waals surface area contributed by atoms with Crippen LogP contribution in [0.5, 0.6) is 0 Å². The van der Waals surface area contributed by atoms with Crippen molar-refractivity contribution in [1.82, 2.24) is 0 Å². The van der Waals surface area contributed by atoms with Crippen molar-refractivity contribution in [2.45, 2.75) is 18.9 Å². The van der Waals surface area contributed by atoms with E-state index in [1.165, 1.54) is 6.26 Å². The average Bonchev–Trinajstić information content (AvgIpc) is 2.87. The second kappa shape index (κ2) is 4.28. The molecule has 1 aromatic rings. The van der Waals surface area contributed by atoms with E-state index < -0.39 is 5.97 Å². The Balaban J connectivity index is 1.78. The molecule has 0 aromatic carbocycles. The predicted octanol–water partition coefficient (Wildman–Crippen LogP) is 1.62. The Bertz CT molecular complexity index is 285. The maximum atomic E-state index is 11.3. The molecular formula is C10H12O4. The van der Waals surface area contributed by atoms with Crippen molar-refractivity contribution in [2.24, 2.45) is 0 Å². The van der Waals surface area contributed by atoms with Crippen LogP contribution >= 0.6 is 0 Å². The number of hydrogen-bond donors (Lipinski definition) is 0. The van der Waals surface area contributed by atoms with Gasteiger partial charge in [0.15, 0.2) is 0 Å². The fraction of sp³-hybridized carbons (Fsp3) is 0.500. The Morgan fingerprint density at radius 2 is 2.57 bits per heavy atom. The molecule has 4 nitrogen and oxygen atoms in total. The summed E-state index contributed by atoms with van der Waals surface area (Å²) < 4.78 is 15.2. The first-order valence-corrected chi connectivity index (χ1v) is 4.68. The number of carbonyl (C=O) groups excluding carboxylic acids is 1. The smallest absolute Gasteiger partial charge is 0.374 e. The van der Waals surface area contributed by atoms with E-state index in [-0.39, 0.29) is 11.9 Å². The van der Waals surface area contributed by atoms with E-state index in [2.05, 4.69) is 0 Å². The van der Waals surface area contributed by atoms with E-state index in [1.54, 1.807) is 12.1 Å². The molecule has 14 heavy (non-hydrogen) atoms. The SMILES string of the molecule is O=C(OC[C@@H]1CCCO1)c1ccco1. The Hall–Kier alpha value is -1.29. The summed E-state index contributed by atoms with van der Waals surface area (Å²) in [6, 6.07) is 3.24. The first-order chi connectivity index (χ1) is 6.86. The third-order valence-corrected chi connectivity index (χ3v) is 2.15. The van der Waals surface area contributed by atoms with Crippen molar-refractivity contribution < 1.29 is 18.7 Å². The molecule has 1 fully saturated rings. The molecule has 0 saturated carbocycles. The lowest BCUT2D eigenvalue weighted by molar-refractivity contribution is 0.0136. The highest BCUT2D eigenvalue weighted by molar-refractivity contribution is 5.86. The van der Waals surface area contributed by atoms with E-state index in [1.807, 2.05) is 0 Å². The highest BCUT2D eigenvalue weighted by atomic mass is 16.6. The van der Waals surface area contributed by atoms with Gasteiger partial charge in [-0.25, -0.2) is 4.79 Å². The summed E-state index contributed by atoms with van der Waals surface area (Å²) in [5, 5.41) is 0. The molecular weight excluding hydrogens is 184 g/mol. The molecule has 1 atom stereocenters. The van der Waals surface area contributed by atoms with E-state index in [0.717, 1.165) is 19.4 Å². The molecule has 0 amide bonds. The molecule has 2 rings (SSSR count). The lowest BCUT2D eigenvalue weighted by Crippen LogP contribution is -2.17. The molecule has 76 valence electrons. The standard InChI is InChI=1S/C10H12O4/c11-10(9-4-2-6-13-9)14-7-8-3-1-5-12-8/h2,4,6,8H,1,3,5,7H2/t8-/m0/s1. The van der Waals surface area contributed by atoms with E-state index in [9.17, 15) is 4.79 Å². The van der Waals surface area contributed by atoms with Gasteiger partial charge in [-0.2, -0.15) is 0 Å². The predicted molar refractivity (Wildman–Crippen MR) is 48.0 cm³/mol. The van der Waals surface area contributed by atoms with Crippen LogP contribution in [0.15, 0.2) is 22.8 Å². The van der Waals surface area contributed by atoms with E-state index >= 15 is 0 Å². The van der Waals surface area contributed by atoms with Gasteiger partial charge in [-0.1, -0.05) is 0 Å². The van der Waals surface area contributed by atoms with Crippen LogP contribution in [0.3, 0.4) is 0 Å². The summed E-state index contributed by atoms with van der Waals surface area (Å²) in [6.07, 6.45) is 3.52. The van der Waals surface area contributed by atoms with Crippen molar-refractivity contribution in [1.29, 1.82) is 0 Å². The molecule has 1 aliphatic rings. The summed E-state index contributed by atoms with van der Waals surface area (Å²) in [6.45, 7) is 1.09. The molecule has 0 bridgehead atoms. The quantitative estimate of drug-likeness (QED) is 0.689. The highest BCUT2D eigenvalue weighted by Crippen LogP contribution is 2.13. The topological polar surface area (TPSA) is 48.7 Å². The fourth-order valence-electron chi connectivity index (χ4n) is 1.41. The van der Waals surface area contributed by atoms with Gasteiger partial charge in [0.2, 0.25) is 5.76 Å². The zero-order chi connectivity index (χ0) is 9.80. The van der Waals surface area contributed by atoms with Gasteiger partial charge >= 0.3 is 5.97 Å². The molecule has 1 saturated heterocycles. The maximum absolute atomic E-state index is 11.3. The van der Waals surface area contributed by atoms with Crippen LogP contribution in [0.4, 0.5) is 0 Å². The number of esters is 1. The molecule has 2 heterocycles. The van der Waals surface area contributed by atoms with Crippen molar-refractivity contribution in [3.63, 3.8) is 0 Å². The minimum atomic E-state index is -0.425. The number of rotatable bonds is 3. The number of furan rings is 1. The molecule has 0 radical (unpaired) electrons. The fourth-order valence-corrected chi connectivity index (χ4v) is 1.41. The van der Waals surface area contributed by atoms with Crippen molar-refractivity contribution in [3.8, 4) is 0 Å². The molecule has 0 N–H and O–H groups in total. The van der Waals surface area contributed by atoms with Gasteiger partial charge in [-0.15, -0.1) is 0 Å². The van der Waals surface area contributed by atoms with Crippen LogP contribution in [0.25, 0.3) is 0 Å². The lowest BCUT2D eigenvalue weighted by Gasteiger charge is -2.08. The zero-order valence-corrected chi connectivity index (χ0v) is 7.77. The largest absolute Gasteiger partial charge is 0.457 e. The van der Waals surface area contributed by atoms with Gasteiger partial charge < -0.3 is 13.9 Å². The van der Waals surface area contributed by atoms with Gasteiger partial charge in [0.05, 0.1) is 12.4 Å². The summed E-state index contributed by atoms with van der Waals surface area (Å²) in [5.41, 5.74) is 0. The van der Waals surface area contributed by atoms with Crippen LogP contribution in [-0.4, -0.2) is 25.3 Å². The van der Waals surface area contributed by atoms with Crippen LogP contribution in [-0.2, 0) is 9.47 Å². The molecule has 0 aliphatic carbocycles. The average molecular weight is 196 g/mol. The van der Waals surface area contributed by atoms with Gasteiger partial charge in [0.25, 0.3) is 0 Å². The van der Waals surface area contributed by atoms with Crippen molar-refractivity contribution in [2.75, 3.05) is 13.2 Å².